The molecule has 0 aliphatic carbocycles. The molecule has 1 nitrogen and oxygen atoms in total. The first-order chi connectivity index (χ1) is 14.0. The monoisotopic (exact) mass is 400 g/mol. The lowest BCUT2D eigenvalue weighted by molar-refractivity contribution is 0.293. The summed E-state index contributed by atoms with van der Waals surface area (Å²) >= 11 is 0. The van der Waals surface area contributed by atoms with Crippen LogP contribution in [0.4, 0.5) is 0 Å². The number of benzene rings is 3. The van der Waals surface area contributed by atoms with Crippen LogP contribution in [0, 0.1) is 0 Å². The Labute approximate surface area is 177 Å². The molecule has 0 unspecified atom stereocenters. The van der Waals surface area contributed by atoms with Gasteiger partial charge in [0, 0.05) is 6.61 Å². The second kappa shape index (κ2) is 9.86. The Bertz CT molecular complexity index is 841. The van der Waals surface area contributed by atoms with Crippen LogP contribution in [0.15, 0.2) is 97.1 Å². The van der Waals surface area contributed by atoms with Crippen molar-refractivity contribution in [2.24, 2.45) is 0 Å². The molecule has 0 radical (unpaired) electrons. The SMILES string of the molecule is CC(C)(C)[Si](OCCCC=Cc1ccccc1)(c1ccccc1)c1ccccc1. The third-order valence-electron chi connectivity index (χ3n) is 5.36. The van der Waals surface area contributed by atoms with E-state index in [2.05, 4.69) is 124 Å². The van der Waals surface area contributed by atoms with Gasteiger partial charge < -0.3 is 4.43 Å². The lowest BCUT2D eigenvalue weighted by atomic mass is 10.2. The quantitative estimate of drug-likeness (QED) is 0.330. The number of hydrogen-bond donors (Lipinski definition) is 0. The van der Waals surface area contributed by atoms with Crippen LogP contribution in [0.1, 0.15) is 39.2 Å². The number of unbranched alkanes of at least 4 members (excludes halogenated alkanes) is 1. The number of rotatable bonds is 8. The van der Waals surface area contributed by atoms with E-state index in [1.54, 1.807) is 0 Å². The van der Waals surface area contributed by atoms with Crippen LogP contribution in [-0.4, -0.2) is 14.9 Å². The van der Waals surface area contributed by atoms with Crippen LogP contribution in [0.2, 0.25) is 5.04 Å². The zero-order valence-electron chi connectivity index (χ0n) is 17.8. The van der Waals surface area contributed by atoms with Crippen LogP contribution in [0.5, 0.6) is 0 Å². The highest BCUT2D eigenvalue weighted by Crippen LogP contribution is 2.36. The highest BCUT2D eigenvalue weighted by molar-refractivity contribution is 6.99. The van der Waals surface area contributed by atoms with E-state index >= 15 is 0 Å². The predicted molar refractivity (Wildman–Crippen MR) is 128 cm³/mol. The van der Waals surface area contributed by atoms with E-state index in [0.717, 1.165) is 19.4 Å². The molecule has 3 aromatic carbocycles. The van der Waals surface area contributed by atoms with Crippen LogP contribution in [0.25, 0.3) is 6.08 Å². The fraction of sp³-hybridized carbons (Fsp3) is 0.259. The van der Waals surface area contributed by atoms with Crippen molar-refractivity contribution in [3.63, 3.8) is 0 Å². The van der Waals surface area contributed by atoms with Crippen molar-refractivity contribution in [2.75, 3.05) is 6.61 Å². The zero-order chi connectivity index (χ0) is 20.6. The van der Waals surface area contributed by atoms with Gasteiger partial charge >= 0.3 is 0 Å². The molecule has 0 heterocycles. The van der Waals surface area contributed by atoms with E-state index in [1.165, 1.54) is 15.9 Å². The lowest BCUT2D eigenvalue weighted by Gasteiger charge is -2.43. The standard InChI is InChI=1S/C27H32OSi/c1-27(2,3)29(25-19-11-5-12-20-25,26-21-13-6-14-22-26)28-23-15-7-10-18-24-16-8-4-9-17-24/h4-6,8-14,16-22H,7,15,23H2,1-3H3. The van der Waals surface area contributed by atoms with Gasteiger partial charge in [-0.05, 0) is 33.8 Å². The minimum atomic E-state index is -2.40. The van der Waals surface area contributed by atoms with Gasteiger partial charge in [-0.1, -0.05) is 124 Å². The average molecular weight is 401 g/mol. The van der Waals surface area contributed by atoms with Crippen molar-refractivity contribution < 1.29 is 4.43 Å². The molecule has 3 aromatic rings. The van der Waals surface area contributed by atoms with E-state index in [1.807, 2.05) is 0 Å². The molecule has 29 heavy (non-hydrogen) atoms. The molecule has 0 N–H and O–H groups in total. The van der Waals surface area contributed by atoms with Crippen molar-refractivity contribution in [3.8, 4) is 0 Å². The van der Waals surface area contributed by atoms with Crippen LogP contribution < -0.4 is 10.4 Å². The first-order valence-corrected chi connectivity index (χ1v) is 12.4. The number of hydrogen-bond acceptors (Lipinski definition) is 1. The molecule has 0 saturated carbocycles. The summed E-state index contributed by atoms with van der Waals surface area (Å²) in [6, 6.07) is 32.2. The second-order valence-electron chi connectivity index (χ2n) is 8.47. The maximum atomic E-state index is 6.92. The maximum absolute atomic E-state index is 6.92. The summed E-state index contributed by atoms with van der Waals surface area (Å²) in [5.74, 6) is 0. The molecule has 2 heteroatoms. The van der Waals surface area contributed by atoms with E-state index < -0.39 is 8.32 Å². The average Bonchev–Trinajstić information content (AvgIpc) is 2.74. The van der Waals surface area contributed by atoms with Crippen molar-refractivity contribution in [1.29, 1.82) is 0 Å². The van der Waals surface area contributed by atoms with Gasteiger partial charge in [-0.15, -0.1) is 0 Å². The highest BCUT2D eigenvalue weighted by Gasteiger charge is 2.49. The molecule has 0 aliphatic heterocycles. The molecule has 0 amide bonds. The van der Waals surface area contributed by atoms with Gasteiger partial charge in [-0.2, -0.15) is 0 Å². The minimum Gasteiger partial charge on any atom is -0.407 e. The lowest BCUT2D eigenvalue weighted by Crippen LogP contribution is -2.66. The van der Waals surface area contributed by atoms with Gasteiger partial charge in [0.25, 0.3) is 8.32 Å². The Morgan fingerprint density at radius 3 is 1.69 bits per heavy atom. The van der Waals surface area contributed by atoms with E-state index in [4.69, 9.17) is 4.43 Å². The van der Waals surface area contributed by atoms with E-state index in [-0.39, 0.29) is 5.04 Å². The zero-order valence-corrected chi connectivity index (χ0v) is 18.8. The third kappa shape index (κ3) is 5.14. The minimum absolute atomic E-state index is 0.0373. The Balaban J connectivity index is 1.78. The summed E-state index contributed by atoms with van der Waals surface area (Å²) in [4.78, 5) is 0. The van der Waals surface area contributed by atoms with E-state index in [0.29, 0.717) is 0 Å². The first-order valence-electron chi connectivity index (χ1n) is 10.5. The Kier molecular flexibility index (Phi) is 7.24. The third-order valence-corrected chi connectivity index (χ3v) is 10.4. The topological polar surface area (TPSA) is 9.23 Å². The molecule has 150 valence electrons. The van der Waals surface area contributed by atoms with Crippen molar-refractivity contribution >= 4 is 24.8 Å². The van der Waals surface area contributed by atoms with Gasteiger partial charge in [0.05, 0.1) is 0 Å². The Morgan fingerprint density at radius 2 is 1.21 bits per heavy atom. The number of allylic oxidation sites excluding steroid dienone is 1. The summed E-state index contributed by atoms with van der Waals surface area (Å²) in [6.07, 6.45) is 6.49. The fourth-order valence-electron chi connectivity index (χ4n) is 3.97. The summed E-state index contributed by atoms with van der Waals surface area (Å²) in [6.45, 7) is 7.75. The molecule has 0 atom stereocenters. The van der Waals surface area contributed by atoms with Gasteiger partial charge in [0.15, 0.2) is 0 Å². The smallest absolute Gasteiger partial charge is 0.261 e. The van der Waals surface area contributed by atoms with Crippen LogP contribution >= 0.6 is 0 Å². The largest absolute Gasteiger partial charge is 0.407 e. The highest BCUT2D eigenvalue weighted by atomic mass is 28.4. The van der Waals surface area contributed by atoms with Gasteiger partial charge in [-0.3, -0.25) is 0 Å². The molecular weight excluding hydrogens is 368 g/mol. The van der Waals surface area contributed by atoms with Crippen molar-refractivity contribution in [1.82, 2.24) is 0 Å². The molecule has 0 bridgehead atoms. The summed E-state index contributed by atoms with van der Waals surface area (Å²) in [5, 5.41) is 2.73. The Morgan fingerprint density at radius 1 is 0.724 bits per heavy atom. The van der Waals surface area contributed by atoms with E-state index in [9.17, 15) is 0 Å². The second-order valence-corrected chi connectivity index (χ2v) is 12.8. The molecule has 0 fully saturated rings. The normalized spacial score (nSPS) is 12.4. The van der Waals surface area contributed by atoms with Crippen LogP contribution in [0.3, 0.4) is 0 Å². The van der Waals surface area contributed by atoms with Gasteiger partial charge in [0.2, 0.25) is 0 Å². The van der Waals surface area contributed by atoms with Crippen molar-refractivity contribution in [3.05, 3.63) is 103 Å². The Hall–Kier alpha value is -2.42. The predicted octanol–water partition coefficient (Wildman–Crippen LogP) is 6.06. The van der Waals surface area contributed by atoms with Crippen molar-refractivity contribution in [2.45, 2.75) is 38.7 Å². The summed E-state index contributed by atoms with van der Waals surface area (Å²) < 4.78 is 6.92. The molecule has 0 aliphatic rings. The summed E-state index contributed by atoms with van der Waals surface area (Å²) in [7, 11) is -2.40. The molecular formula is C27H32OSi. The maximum Gasteiger partial charge on any atom is 0.261 e. The summed E-state index contributed by atoms with van der Waals surface area (Å²) in [5.41, 5.74) is 1.25. The van der Waals surface area contributed by atoms with Gasteiger partial charge in [0.1, 0.15) is 0 Å². The molecule has 0 aromatic heterocycles. The molecule has 0 saturated heterocycles. The van der Waals surface area contributed by atoms with Crippen LogP contribution in [-0.2, 0) is 4.43 Å². The van der Waals surface area contributed by atoms with Gasteiger partial charge in [-0.25, -0.2) is 0 Å². The first kappa shape index (κ1) is 21.3. The fourth-order valence-corrected chi connectivity index (χ4v) is 8.58. The molecule has 3 rings (SSSR count). The molecule has 0 spiro atoms.